The molecule has 0 radical (unpaired) electrons. The van der Waals surface area contributed by atoms with E-state index in [0.29, 0.717) is 17.5 Å². The van der Waals surface area contributed by atoms with Crippen molar-refractivity contribution in [3.05, 3.63) is 35.4 Å². The van der Waals surface area contributed by atoms with Gasteiger partial charge in [0, 0.05) is 18.0 Å². The second-order valence-corrected chi connectivity index (χ2v) is 9.67. The van der Waals surface area contributed by atoms with Crippen LogP contribution in [0.25, 0.3) is 0 Å². The van der Waals surface area contributed by atoms with Crippen molar-refractivity contribution in [2.24, 2.45) is 5.73 Å². The number of carbonyl (C=O) groups excluding carboxylic acids is 5. The highest BCUT2D eigenvalue weighted by atomic mass is 16.6. The summed E-state index contributed by atoms with van der Waals surface area (Å²) in [6.07, 6.45) is 4.73. The molecule has 0 aliphatic rings. The topological polar surface area (TPSA) is 157 Å². The van der Waals surface area contributed by atoms with Crippen LogP contribution in [-0.4, -0.2) is 66.0 Å². The zero-order valence-electron chi connectivity index (χ0n) is 22.8. The van der Waals surface area contributed by atoms with Crippen molar-refractivity contribution in [2.45, 2.75) is 77.6 Å². The number of ether oxygens (including phenoxy) is 2. The molecule has 0 heterocycles. The van der Waals surface area contributed by atoms with Crippen molar-refractivity contribution in [3.63, 3.8) is 0 Å². The molecular weight excluding hydrogens is 492 g/mol. The van der Waals surface area contributed by atoms with E-state index in [9.17, 15) is 24.0 Å². The van der Waals surface area contributed by atoms with E-state index in [0.717, 1.165) is 0 Å². The molecule has 0 spiro atoms. The first kappa shape index (κ1) is 32.0. The van der Waals surface area contributed by atoms with Gasteiger partial charge in [-0.2, -0.15) is 0 Å². The van der Waals surface area contributed by atoms with Gasteiger partial charge in [0.1, 0.15) is 24.2 Å². The van der Waals surface area contributed by atoms with E-state index in [1.165, 1.54) is 12.0 Å². The fourth-order valence-corrected chi connectivity index (χ4v) is 3.50. The minimum absolute atomic E-state index is 0.118. The van der Waals surface area contributed by atoms with Gasteiger partial charge in [-0.3, -0.25) is 19.2 Å². The Hall–Kier alpha value is -4.07. The normalized spacial score (nSPS) is 13.2. The van der Waals surface area contributed by atoms with Crippen LogP contribution in [-0.2, 0) is 28.7 Å². The van der Waals surface area contributed by atoms with Crippen LogP contribution in [0, 0.1) is 12.3 Å². The number of primary amides is 1. The average Bonchev–Trinajstić information content (AvgIpc) is 2.86. The summed E-state index contributed by atoms with van der Waals surface area (Å²) >= 11 is 0. The highest BCUT2D eigenvalue weighted by Crippen LogP contribution is 2.27. The summed E-state index contributed by atoms with van der Waals surface area (Å²) in [5.41, 5.74) is 5.46. The first-order valence-electron chi connectivity index (χ1n) is 12.2. The van der Waals surface area contributed by atoms with E-state index < -0.39 is 60.1 Å². The smallest absolute Gasteiger partial charge is 0.408 e. The Morgan fingerprint density at radius 1 is 1.13 bits per heavy atom. The molecule has 208 valence electrons. The molecular formula is C27H38N4O7. The molecule has 0 aliphatic heterocycles. The van der Waals surface area contributed by atoms with Gasteiger partial charge in [0.15, 0.2) is 0 Å². The molecule has 3 atom stereocenters. The van der Waals surface area contributed by atoms with E-state index in [1.807, 2.05) is 6.92 Å². The number of hydrogen-bond acceptors (Lipinski definition) is 7. The number of methoxy groups -OCH3 is 1. The lowest BCUT2D eigenvalue weighted by molar-refractivity contribution is -0.146. The fourth-order valence-electron chi connectivity index (χ4n) is 3.50. The first-order chi connectivity index (χ1) is 17.7. The second kappa shape index (κ2) is 14.6. The molecule has 0 fully saturated rings. The predicted octanol–water partition coefficient (Wildman–Crippen LogP) is 1.78. The largest absolute Gasteiger partial charge is 0.468 e. The average molecular weight is 531 g/mol. The van der Waals surface area contributed by atoms with Crippen molar-refractivity contribution < 1.29 is 33.4 Å². The number of esters is 1. The van der Waals surface area contributed by atoms with Crippen LogP contribution in [0.2, 0.25) is 0 Å². The van der Waals surface area contributed by atoms with Gasteiger partial charge in [-0.1, -0.05) is 25.0 Å². The Balaban J connectivity index is 3.56. The molecule has 0 saturated heterocycles. The highest BCUT2D eigenvalue weighted by Gasteiger charge is 2.38. The number of nitrogens with one attached hydrogen (secondary N) is 2. The molecule has 38 heavy (non-hydrogen) atoms. The zero-order valence-corrected chi connectivity index (χ0v) is 22.8. The zero-order chi connectivity index (χ0) is 29.0. The molecule has 0 aromatic heterocycles. The SMILES string of the molecule is C#Cc1ccc(C(C(=O)NCC(=O)OC)N(C(=O)C(CCC(N)=O)NC(=O)OC(C)(C)C)C(C)CC)cc1. The number of amides is 4. The van der Waals surface area contributed by atoms with Crippen LogP contribution in [0.5, 0.6) is 0 Å². The third-order valence-electron chi connectivity index (χ3n) is 5.54. The van der Waals surface area contributed by atoms with Gasteiger partial charge in [0.25, 0.3) is 0 Å². The number of benzene rings is 1. The van der Waals surface area contributed by atoms with E-state index >= 15 is 0 Å². The standard InChI is InChI=1S/C27H38N4O7/c1-8-17(3)31(25(35)20(14-15-21(28)32)30-26(36)38-27(4,5)6)23(24(34)29-16-22(33)37-7)19-12-10-18(9-2)11-13-19/h2,10-13,17,20,23H,8,14-16H2,1,3-7H3,(H2,28,32)(H,29,34)(H,30,36). The molecule has 3 unspecified atom stereocenters. The molecule has 0 bridgehead atoms. The van der Waals surface area contributed by atoms with Crippen molar-refractivity contribution in [3.8, 4) is 12.3 Å². The molecule has 4 amide bonds. The van der Waals surface area contributed by atoms with Gasteiger partial charge in [-0.25, -0.2) is 4.79 Å². The number of alkyl carbamates (subject to hydrolysis) is 1. The van der Waals surface area contributed by atoms with Crippen LogP contribution in [0.1, 0.15) is 71.0 Å². The second-order valence-electron chi connectivity index (χ2n) is 9.67. The molecule has 4 N–H and O–H groups in total. The highest BCUT2D eigenvalue weighted by molar-refractivity contribution is 5.93. The minimum atomic E-state index is -1.23. The van der Waals surface area contributed by atoms with Crippen molar-refractivity contribution in [1.29, 1.82) is 0 Å². The van der Waals surface area contributed by atoms with Crippen LogP contribution in [0.15, 0.2) is 24.3 Å². The van der Waals surface area contributed by atoms with Crippen molar-refractivity contribution >= 4 is 29.8 Å². The maximum atomic E-state index is 14.0. The number of rotatable bonds is 12. The minimum Gasteiger partial charge on any atom is -0.468 e. The van der Waals surface area contributed by atoms with E-state index in [2.05, 4.69) is 21.3 Å². The summed E-state index contributed by atoms with van der Waals surface area (Å²) in [6, 6.07) is 3.54. The Labute approximate surface area is 223 Å². The molecule has 1 rings (SSSR count). The summed E-state index contributed by atoms with van der Waals surface area (Å²) in [5.74, 6) is -0.129. The van der Waals surface area contributed by atoms with Gasteiger partial charge in [0.05, 0.1) is 7.11 Å². The van der Waals surface area contributed by atoms with Gasteiger partial charge in [-0.05, 0) is 58.2 Å². The summed E-state index contributed by atoms with van der Waals surface area (Å²) in [5, 5.41) is 5.02. The van der Waals surface area contributed by atoms with Crippen LogP contribution < -0.4 is 16.4 Å². The Bertz CT molecular complexity index is 1040. The number of hydrogen-bond donors (Lipinski definition) is 3. The van der Waals surface area contributed by atoms with Gasteiger partial charge >= 0.3 is 12.1 Å². The van der Waals surface area contributed by atoms with E-state index in [1.54, 1.807) is 52.0 Å². The van der Waals surface area contributed by atoms with E-state index in [-0.39, 0.29) is 12.8 Å². The quantitative estimate of drug-likeness (QED) is 0.275. The molecule has 11 nitrogen and oxygen atoms in total. The summed E-state index contributed by atoms with van der Waals surface area (Å²) in [6.45, 7) is 8.15. The summed E-state index contributed by atoms with van der Waals surface area (Å²) < 4.78 is 9.91. The summed E-state index contributed by atoms with van der Waals surface area (Å²) in [7, 11) is 1.19. The first-order valence-corrected chi connectivity index (χ1v) is 12.2. The van der Waals surface area contributed by atoms with Gasteiger partial charge in [0.2, 0.25) is 17.7 Å². The molecule has 1 aromatic carbocycles. The van der Waals surface area contributed by atoms with Crippen LogP contribution in [0.4, 0.5) is 4.79 Å². The van der Waals surface area contributed by atoms with E-state index in [4.69, 9.17) is 16.9 Å². The monoisotopic (exact) mass is 530 g/mol. The fraction of sp³-hybridized carbons (Fsp3) is 0.519. The van der Waals surface area contributed by atoms with Crippen molar-refractivity contribution in [1.82, 2.24) is 15.5 Å². The third-order valence-corrected chi connectivity index (χ3v) is 5.54. The summed E-state index contributed by atoms with van der Waals surface area (Å²) in [4.78, 5) is 64.6. The number of nitrogens with two attached hydrogens (primary N) is 1. The van der Waals surface area contributed by atoms with Crippen LogP contribution in [0.3, 0.4) is 0 Å². The lowest BCUT2D eigenvalue weighted by atomic mass is 9.98. The Morgan fingerprint density at radius 3 is 2.21 bits per heavy atom. The number of carbonyl (C=O) groups is 5. The maximum Gasteiger partial charge on any atom is 0.408 e. The Morgan fingerprint density at radius 2 is 1.74 bits per heavy atom. The molecule has 0 aliphatic carbocycles. The van der Waals surface area contributed by atoms with Crippen molar-refractivity contribution in [2.75, 3.05) is 13.7 Å². The maximum absolute atomic E-state index is 14.0. The molecule has 11 heteroatoms. The lowest BCUT2D eigenvalue weighted by Gasteiger charge is -2.38. The third kappa shape index (κ3) is 10.1. The molecule has 0 saturated carbocycles. The molecule has 1 aromatic rings. The number of terminal acetylenes is 1. The predicted molar refractivity (Wildman–Crippen MR) is 140 cm³/mol. The Kier molecular flexibility index (Phi) is 12.3. The van der Waals surface area contributed by atoms with Gasteiger partial charge < -0.3 is 30.7 Å². The lowest BCUT2D eigenvalue weighted by Crippen LogP contribution is -2.55. The van der Waals surface area contributed by atoms with Crippen LogP contribution >= 0.6 is 0 Å². The number of nitrogens with zero attached hydrogens (tertiary/aromatic N) is 1. The van der Waals surface area contributed by atoms with Gasteiger partial charge in [-0.15, -0.1) is 6.42 Å².